The lowest BCUT2D eigenvalue weighted by atomic mass is 10.0. The van der Waals surface area contributed by atoms with E-state index >= 15 is 0 Å². The monoisotopic (exact) mass is 453 g/mol. The van der Waals surface area contributed by atoms with Gasteiger partial charge in [0.2, 0.25) is 0 Å². The first kappa shape index (κ1) is 15.3. The first-order valence-electron chi connectivity index (χ1n) is 5.78. The average Bonchev–Trinajstić information content (AvgIpc) is 2.59. The summed E-state index contributed by atoms with van der Waals surface area (Å²) < 4.78 is 3.93. The van der Waals surface area contributed by atoms with Crippen molar-refractivity contribution < 1.29 is 0 Å². The van der Waals surface area contributed by atoms with Crippen LogP contribution in [-0.4, -0.2) is 9.78 Å². The third-order valence-corrected chi connectivity index (χ3v) is 5.65. The van der Waals surface area contributed by atoms with Crippen molar-refractivity contribution >= 4 is 50.1 Å². The van der Waals surface area contributed by atoms with Crippen molar-refractivity contribution in [2.45, 2.75) is 19.4 Å². The Hall–Kier alpha value is -0.110. The zero-order valence-corrected chi connectivity index (χ0v) is 15.1. The van der Waals surface area contributed by atoms with Crippen molar-refractivity contribution in [1.29, 1.82) is 0 Å². The second-order valence-corrected chi connectivity index (χ2v) is 6.82. The minimum Gasteiger partial charge on any atom is -0.324 e. The number of aromatic nitrogens is 2. The summed E-state index contributed by atoms with van der Waals surface area (Å²) in [6.45, 7) is 1.97. The van der Waals surface area contributed by atoms with Crippen molar-refractivity contribution in [3.05, 3.63) is 48.2 Å². The minimum absolute atomic E-state index is 0.0967. The summed E-state index contributed by atoms with van der Waals surface area (Å²) in [5.74, 6) is 0. The largest absolute Gasteiger partial charge is 0.324 e. The second-order valence-electron chi connectivity index (χ2n) is 4.45. The summed E-state index contributed by atoms with van der Waals surface area (Å²) >= 11 is 11.9. The van der Waals surface area contributed by atoms with Gasteiger partial charge in [-0.15, -0.1) is 0 Å². The molecule has 19 heavy (non-hydrogen) atoms. The van der Waals surface area contributed by atoms with E-state index in [-0.39, 0.29) is 6.04 Å². The summed E-state index contributed by atoms with van der Waals surface area (Å²) in [5.41, 5.74) is 9.38. The fourth-order valence-corrected chi connectivity index (χ4v) is 2.99. The van der Waals surface area contributed by atoms with Gasteiger partial charge in [0, 0.05) is 23.1 Å². The van der Waals surface area contributed by atoms with E-state index in [2.05, 4.69) is 43.6 Å². The van der Waals surface area contributed by atoms with Gasteiger partial charge in [-0.25, -0.2) is 0 Å². The van der Waals surface area contributed by atoms with E-state index in [1.807, 2.05) is 36.9 Å². The predicted octanol–water partition coefficient (Wildman–Crippen LogP) is 3.99. The molecule has 0 spiro atoms. The maximum absolute atomic E-state index is 6.27. The molecule has 1 aromatic carbocycles. The average molecular weight is 455 g/mol. The highest BCUT2D eigenvalue weighted by Crippen LogP contribution is 2.27. The number of benzene rings is 1. The normalized spacial score (nSPS) is 12.7. The van der Waals surface area contributed by atoms with Gasteiger partial charge < -0.3 is 5.73 Å². The Morgan fingerprint density at radius 1 is 1.53 bits per heavy atom. The van der Waals surface area contributed by atoms with Crippen LogP contribution in [0.15, 0.2) is 22.7 Å². The summed E-state index contributed by atoms with van der Waals surface area (Å²) in [5, 5.41) is 5.12. The van der Waals surface area contributed by atoms with Crippen LogP contribution in [0.5, 0.6) is 0 Å². The Morgan fingerprint density at radius 3 is 2.74 bits per heavy atom. The molecule has 0 fully saturated rings. The van der Waals surface area contributed by atoms with E-state index < -0.39 is 0 Å². The van der Waals surface area contributed by atoms with Gasteiger partial charge in [-0.2, -0.15) is 5.10 Å². The van der Waals surface area contributed by atoms with Crippen molar-refractivity contribution in [3.63, 3.8) is 0 Å². The number of halogens is 3. The molecule has 3 nitrogen and oxygen atoms in total. The van der Waals surface area contributed by atoms with Gasteiger partial charge in [-0.3, -0.25) is 4.68 Å². The van der Waals surface area contributed by atoms with Gasteiger partial charge in [-0.1, -0.05) is 17.7 Å². The predicted molar refractivity (Wildman–Crippen MR) is 90.4 cm³/mol. The number of nitrogens with zero attached hydrogens (tertiary/aromatic N) is 2. The first-order valence-corrected chi connectivity index (χ1v) is 8.03. The Kier molecular flexibility index (Phi) is 4.92. The lowest BCUT2D eigenvalue weighted by molar-refractivity contribution is 0.638. The number of aryl methyl sites for hydroxylation is 2. The zero-order chi connectivity index (χ0) is 14.2. The molecule has 0 aliphatic rings. The van der Waals surface area contributed by atoms with Crippen LogP contribution in [0.2, 0.25) is 5.02 Å². The highest BCUT2D eigenvalue weighted by atomic mass is 127. The van der Waals surface area contributed by atoms with Crippen LogP contribution >= 0.6 is 50.1 Å². The highest BCUT2D eigenvalue weighted by molar-refractivity contribution is 14.1. The molecule has 102 valence electrons. The van der Waals surface area contributed by atoms with E-state index in [0.717, 1.165) is 36.4 Å². The molecule has 0 aliphatic carbocycles. The number of hydrogen-bond acceptors (Lipinski definition) is 2. The lowest BCUT2D eigenvalue weighted by Gasteiger charge is -2.13. The Morgan fingerprint density at radius 2 is 2.21 bits per heavy atom. The van der Waals surface area contributed by atoms with Crippen LogP contribution < -0.4 is 5.73 Å². The van der Waals surface area contributed by atoms with E-state index in [1.54, 1.807) is 0 Å². The molecule has 2 N–H and O–H groups in total. The van der Waals surface area contributed by atoms with E-state index in [0.29, 0.717) is 0 Å². The molecule has 0 saturated carbocycles. The van der Waals surface area contributed by atoms with E-state index in [1.165, 1.54) is 0 Å². The van der Waals surface area contributed by atoms with Crippen LogP contribution in [0.25, 0.3) is 0 Å². The quantitative estimate of drug-likeness (QED) is 0.713. The summed E-state index contributed by atoms with van der Waals surface area (Å²) in [6.07, 6.45) is 0.717. The van der Waals surface area contributed by atoms with Gasteiger partial charge in [0.1, 0.15) is 0 Å². The smallest absolute Gasteiger partial charge is 0.0738 e. The minimum atomic E-state index is -0.0967. The molecule has 0 radical (unpaired) electrons. The standard InChI is InChI=1S/C13H14BrClIN3/c1-7-13(14)12(19(2)18-7)6-11(17)8-3-4-10(16)9(15)5-8/h3-5,11H,6,17H2,1-2H3. The van der Waals surface area contributed by atoms with Crippen molar-refractivity contribution in [3.8, 4) is 0 Å². The van der Waals surface area contributed by atoms with Gasteiger partial charge in [0.25, 0.3) is 0 Å². The Labute approximate surface area is 139 Å². The van der Waals surface area contributed by atoms with Crippen LogP contribution in [0.3, 0.4) is 0 Å². The molecule has 0 aliphatic heterocycles. The van der Waals surface area contributed by atoms with Crippen LogP contribution in [0.1, 0.15) is 23.0 Å². The molecular formula is C13H14BrClIN3. The number of nitrogens with two attached hydrogens (primary N) is 1. The van der Waals surface area contributed by atoms with Gasteiger partial charge in [0.05, 0.1) is 20.9 Å². The summed E-state index contributed by atoms with van der Waals surface area (Å²) in [6, 6.07) is 5.85. The second kappa shape index (κ2) is 6.11. The molecule has 1 aromatic heterocycles. The highest BCUT2D eigenvalue weighted by Gasteiger charge is 2.16. The van der Waals surface area contributed by atoms with Crippen LogP contribution in [0, 0.1) is 10.5 Å². The first-order chi connectivity index (χ1) is 8.90. The molecule has 2 rings (SSSR count). The molecular weight excluding hydrogens is 440 g/mol. The maximum Gasteiger partial charge on any atom is 0.0738 e. The Balaban J connectivity index is 2.25. The third kappa shape index (κ3) is 3.32. The molecule has 0 bridgehead atoms. The van der Waals surface area contributed by atoms with Crippen molar-refractivity contribution in [2.75, 3.05) is 0 Å². The van der Waals surface area contributed by atoms with Gasteiger partial charge in [-0.05, 0) is 63.1 Å². The molecule has 1 heterocycles. The topological polar surface area (TPSA) is 43.8 Å². The number of rotatable bonds is 3. The van der Waals surface area contributed by atoms with Crippen molar-refractivity contribution in [1.82, 2.24) is 9.78 Å². The summed E-state index contributed by atoms with van der Waals surface area (Å²) in [7, 11) is 1.93. The van der Waals surface area contributed by atoms with Crippen LogP contribution in [-0.2, 0) is 13.5 Å². The fourth-order valence-electron chi connectivity index (χ4n) is 1.97. The van der Waals surface area contributed by atoms with E-state index in [4.69, 9.17) is 17.3 Å². The van der Waals surface area contributed by atoms with Gasteiger partial charge in [0.15, 0.2) is 0 Å². The molecule has 0 amide bonds. The maximum atomic E-state index is 6.27. The fraction of sp³-hybridized carbons (Fsp3) is 0.308. The third-order valence-electron chi connectivity index (χ3n) is 3.05. The lowest BCUT2D eigenvalue weighted by Crippen LogP contribution is -2.15. The molecule has 0 saturated heterocycles. The molecule has 1 atom stereocenters. The SMILES string of the molecule is Cc1nn(C)c(CC(N)c2ccc(I)c(Cl)c2)c1Br. The Bertz CT molecular complexity index is 612. The zero-order valence-electron chi connectivity index (χ0n) is 10.6. The van der Waals surface area contributed by atoms with Gasteiger partial charge >= 0.3 is 0 Å². The number of hydrogen-bond donors (Lipinski definition) is 1. The molecule has 6 heteroatoms. The van der Waals surface area contributed by atoms with Crippen LogP contribution in [0.4, 0.5) is 0 Å². The molecule has 1 unspecified atom stereocenters. The molecule has 2 aromatic rings. The van der Waals surface area contributed by atoms with E-state index in [9.17, 15) is 0 Å². The summed E-state index contributed by atoms with van der Waals surface area (Å²) in [4.78, 5) is 0. The van der Waals surface area contributed by atoms with Crippen molar-refractivity contribution in [2.24, 2.45) is 12.8 Å².